The topological polar surface area (TPSA) is 68.0 Å². The lowest BCUT2D eigenvalue weighted by Gasteiger charge is -2.05. The summed E-state index contributed by atoms with van der Waals surface area (Å²) < 4.78 is 5.22. The average Bonchev–Trinajstić information content (AvgIpc) is 3.18. The molecule has 2 heterocycles. The number of nitrogens with zero attached hydrogens (tertiary/aromatic N) is 2. The zero-order valence-corrected chi connectivity index (χ0v) is 13.6. The number of nitrogens with one attached hydrogen (secondary N) is 1. The van der Waals surface area contributed by atoms with Crippen LogP contribution >= 0.6 is 11.3 Å². The van der Waals surface area contributed by atoms with Gasteiger partial charge in [-0.2, -0.15) is 4.98 Å². The predicted molar refractivity (Wildman–Crippen MR) is 90.4 cm³/mol. The van der Waals surface area contributed by atoms with Gasteiger partial charge in [-0.25, -0.2) is 0 Å². The van der Waals surface area contributed by atoms with Crippen molar-refractivity contribution in [2.75, 3.05) is 5.32 Å². The molecule has 3 aromatic rings. The minimum Gasteiger partial charge on any atom is -0.339 e. The summed E-state index contributed by atoms with van der Waals surface area (Å²) in [5.74, 6) is 1.17. The molecule has 0 aliphatic carbocycles. The van der Waals surface area contributed by atoms with E-state index in [4.69, 9.17) is 4.52 Å². The Labute approximate surface area is 138 Å². The Balaban J connectivity index is 1.47. The van der Waals surface area contributed by atoms with Crippen molar-refractivity contribution in [3.8, 4) is 10.7 Å². The summed E-state index contributed by atoms with van der Waals surface area (Å²) in [6.45, 7) is 2.00. The van der Waals surface area contributed by atoms with Crippen LogP contribution in [-0.2, 0) is 11.2 Å². The van der Waals surface area contributed by atoms with E-state index < -0.39 is 0 Å². The van der Waals surface area contributed by atoms with Crippen molar-refractivity contribution in [2.45, 2.75) is 26.2 Å². The number of thiophene rings is 1. The largest absolute Gasteiger partial charge is 0.339 e. The fraction of sp³-hybridized carbons (Fsp3) is 0.235. The number of aromatic nitrogens is 2. The summed E-state index contributed by atoms with van der Waals surface area (Å²) in [4.78, 5) is 17.3. The second-order valence-electron chi connectivity index (χ2n) is 5.26. The summed E-state index contributed by atoms with van der Waals surface area (Å²) in [6, 6.07) is 11.7. The molecule has 1 aromatic carbocycles. The number of carbonyl (C=O) groups excluding carboxylic acids is 1. The van der Waals surface area contributed by atoms with Crippen molar-refractivity contribution in [3.63, 3.8) is 0 Å². The number of carbonyl (C=O) groups is 1. The summed E-state index contributed by atoms with van der Waals surface area (Å²) in [7, 11) is 0. The molecule has 0 unspecified atom stereocenters. The fourth-order valence-corrected chi connectivity index (χ4v) is 2.86. The van der Waals surface area contributed by atoms with Gasteiger partial charge in [0.1, 0.15) is 0 Å². The molecule has 3 rings (SSSR count). The minimum absolute atomic E-state index is 0.00593. The van der Waals surface area contributed by atoms with Crippen molar-refractivity contribution in [1.82, 2.24) is 10.1 Å². The second-order valence-corrected chi connectivity index (χ2v) is 6.21. The lowest BCUT2D eigenvalue weighted by atomic mass is 10.2. The van der Waals surface area contributed by atoms with Crippen molar-refractivity contribution < 1.29 is 9.32 Å². The third-order valence-corrected chi connectivity index (χ3v) is 4.17. The third-order valence-electron chi connectivity index (χ3n) is 3.31. The maximum atomic E-state index is 11.9. The monoisotopic (exact) mass is 327 g/mol. The number of benzene rings is 1. The maximum absolute atomic E-state index is 11.9. The summed E-state index contributed by atoms with van der Waals surface area (Å²) in [5.41, 5.74) is 1.95. The first-order chi connectivity index (χ1) is 11.2. The van der Waals surface area contributed by atoms with Crippen LogP contribution in [0.3, 0.4) is 0 Å². The van der Waals surface area contributed by atoms with Crippen molar-refractivity contribution >= 4 is 22.9 Å². The van der Waals surface area contributed by atoms with E-state index in [2.05, 4.69) is 15.5 Å². The molecule has 0 atom stereocenters. The molecule has 0 radical (unpaired) electrons. The Morgan fingerprint density at radius 2 is 2.22 bits per heavy atom. The van der Waals surface area contributed by atoms with Gasteiger partial charge < -0.3 is 9.84 Å². The van der Waals surface area contributed by atoms with E-state index >= 15 is 0 Å². The molecule has 118 valence electrons. The molecule has 5 nitrogen and oxygen atoms in total. The van der Waals surface area contributed by atoms with Crippen LogP contribution in [0.5, 0.6) is 0 Å². The Kier molecular flexibility index (Phi) is 4.83. The highest BCUT2D eigenvalue weighted by molar-refractivity contribution is 7.13. The SMILES string of the molecule is Cc1cccc(NC(=O)CCCc2nc(-c3cccs3)no2)c1. The normalized spacial score (nSPS) is 10.7. The van der Waals surface area contributed by atoms with Gasteiger partial charge in [0.05, 0.1) is 4.88 Å². The molecule has 6 heteroatoms. The number of hydrogen-bond acceptors (Lipinski definition) is 5. The van der Waals surface area contributed by atoms with Gasteiger partial charge in [0, 0.05) is 18.5 Å². The zero-order valence-electron chi connectivity index (χ0n) is 12.8. The van der Waals surface area contributed by atoms with Crippen LogP contribution < -0.4 is 5.32 Å². The lowest BCUT2D eigenvalue weighted by molar-refractivity contribution is -0.116. The molecule has 23 heavy (non-hydrogen) atoms. The van der Waals surface area contributed by atoms with Gasteiger partial charge >= 0.3 is 0 Å². The molecule has 0 fully saturated rings. The molecule has 1 amide bonds. The Hall–Kier alpha value is -2.47. The lowest BCUT2D eigenvalue weighted by Crippen LogP contribution is -2.11. The molecule has 0 spiro atoms. The minimum atomic E-state index is -0.00593. The number of aryl methyl sites for hydroxylation is 2. The molecule has 0 aliphatic rings. The smallest absolute Gasteiger partial charge is 0.226 e. The van der Waals surface area contributed by atoms with E-state index in [1.165, 1.54) is 0 Å². The first-order valence-electron chi connectivity index (χ1n) is 7.44. The summed E-state index contributed by atoms with van der Waals surface area (Å²) in [6.07, 6.45) is 1.69. The van der Waals surface area contributed by atoms with Gasteiger partial charge in [0.15, 0.2) is 0 Å². The molecule has 1 N–H and O–H groups in total. The van der Waals surface area contributed by atoms with Gasteiger partial charge in [0.25, 0.3) is 0 Å². The number of rotatable bonds is 6. The van der Waals surface area contributed by atoms with Crippen LogP contribution in [0.15, 0.2) is 46.3 Å². The molecular formula is C17H17N3O2S. The molecule has 2 aromatic heterocycles. The van der Waals surface area contributed by atoms with E-state index in [9.17, 15) is 4.79 Å². The van der Waals surface area contributed by atoms with Gasteiger partial charge in [-0.3, -0.25) is 4.79 Å². The van der Waals surface area contributed by atoms with Crippen molar-refractivity contribution in [3.05, 3.63) is 53.2 Å². The highest BCUT2D eigenvalue weighted by Gasteiger charge is 2.10. The summed E-state index contributed by atoms with van der Waals surface area (Å²) >= 11 is 1.57. The first kappa shape index (κ1) is 15.4. The molecule has 0 aliphatic heterocycles. The van der Waals surface area contributed by atoms with E-state index in [1.807, 2.05) is 48.7 Å². The second kappa shape index (κ2) is 7.19. The Morgan fingerprint density at radius 1 is 1.30 bits per heavy atom. The summed E-state index contributed by atoms with van der Waals surface area (Å²) in [5, 5.41) is 8.82. The standard InChI is InChI=1S/C17H17N3O2S/c1-12-5-2-6-13(11-12)18-15(21)8-3-9-16-19-17(20-22-16)14-7-4-10-23-14/h2,4-7,10-11H,3,8-9H2,1H3,(H,18,21). The molecule has 0 bridgehead atoms. The van der Waals surface area contributed by atoms with Gasteiger partial charge in [0.2, 0.25) is 17.6 Å². The van der Waals surface area contributed by atoms with Crippen LogP contribution in [0.2, 0.25) is 0 Å². The van der Waals surface area contributed by atoms with E-state index in [-0.39, 0.29) is 5.91 Å². The first-order valence-corrected chi connectivity index (χ1v) is 8.31. The van der Waals surface area contributed by atoms with Crippen molar-refractivity contribution in [1.29, 1.82) is 0 Å². The fourth-order valence-electron chi connectivity index (χ4n) is 2.21. The highest BCUT2D eigenvalue weighted by Crippen LogP contribution is 2.21. The maximum Gasteiger partial charge on any atom is 0.226 e. The van der Waals surface area contributed by atoms with E-state index in [0.717, 1.165) is 16.1 Å². The Morgan fingerprint density at radius 3 is 3.00 bits per heavy atom. The molecule has 0 saturated carbocycles. The van der Waals surface area contributed by atoms with Crippen LogP contribution in [0.25, 0.3) is 10.7 Å². The number of amides is 1. The molecular weight excluding hydrogens is 310 g/mol. The molecule has 0 saturated heterocycles. The predicted octanol–water partition coefficient (Wildman–Crippen LogP) is 4.07. The zero-order chi connectivity index (χ0) is 16.1. The average molecular weight is 327 g/mol. The van der Waals surface area contributed by atoms with Crippen LogP contribution in [0.4, 0.5) is 5.69 Å². The van der Waals surface area contributed by atoms with Crippen LogP contribution in [0, 0.1) is 6.92 Å². The number of anilines is 1. The van der Waals surface area contributed by atoms with Gasteiger partial charge in [-0.05, 0) is 42.5 Å². The van der Waals surface area contributed by atoms with Crippen molar-refractivity contribution in [2.24, 2.45) is 0 Å². The van der Waals surface area contributed by atoms with Gasteiger partial charge in [-0.15, -0.1) is 11.3 Å². The highest BCUT2D eigenvalue weighted by atomic mass is 32.1. The van der Waals surface area contributed by atoms with E-state index in [1.54, 1.807) is 11.3 Å². The quantitative estimate of drug-likeness (QED) is 0.741. The van der Waals surface area contributed by atoms with Gasteiger partial charge in [-0.1, -0.05) is 23.4 Å². The third kappa shape index (κ3) is 4.26. The number of hydrogen-bond donors (Lipinski definition) is 1. The van der Waals surface area contributed by atoms with Crippen LogP contribution in [-0.4, -0.2) is 16.0 Å². The van der Waals surface area contributed by atoms with Crippen LogP contribution in [0.1, 0.15) is 24.3 Å². The van der Waals surface area contributed by atoms with E-state index in [0.29, 0.717) is 31.0 Å². The Bertz CT molecular complexity index is 781.